The number of aromatic carboxylic acids is 1. The van der Waals surface area contributed by atoms with Gasteiger partial charge in [-0.25, -0.2) is 19.4 Å². The maximum Gasteiger partial charge on any atom is 0.338 e. The second kappa shape index (κ2) is 18.7. The van der Waals surface area contributed by atoms with Gasteiger partial charge in [-0.1, -0.05) is 97.9 Å². The first-order valence-corrected chi connectivity index (χ1v) is 18.9. The van der Waals surface area contributed by atoms with Crippen molar-refractivity contribution in [3.05, 3.63) is 155 Å². The van der Waals surface area contributed by atoms with Crippen LogP contribution in [0, 0.1) is 5.92 Å². The number of nitrogens with one attached hydrogen (secondary N) is 2. The normalized spacial score (nSPS) is 18.5. The number of esters is 1. The summed E-state index contributed by atoms with van der Waals surface area (Å²) in [5.74, 6) is -1.23. The summed E-state index contributed by atoms with van der Waals surface area (Å²) in [6, 6.07) is 34.6. The molecule has 6 rings (SSSR count). The SMILES string of the molecule is COC(=O)[C@H](Cc1ccccc1)NC(=O)NCc1cccc(-c2cccc([C@H]3O[C@@H](CSc4ncccc4C(=O)O)[C@@H](C)[C@@H](c4ccc(CO)cc4)O3)c2)c1. The molecule has 1 fully saturated rings. The first-order valence-electron chi connectivity index (χ1n) is 17.9. The third-order valence-corrected chi connectivity index (χ3v) is 10.5. The van der Waals surface area contributed by atoms with E-state index in [0.29, 0.717) is 17.2 Å². The molecule has 0 bridgehead atoms. The highest BCUT2D eigenvalue weighted by molar-refractivity contribution is 7.99. The molecular weight excluding hydrogens is 719 g/mol. The summed E-state index contributed by atoms with van der Waals surface area (Å²) < 4.78 is 18.2. The molecule has 11 nitrogen and oxygen atoms in total. The predicted molar refractivity (Wildman–Crippen MR) is 208 cm³/mol. The molecule has 55 heavy (non-hydrogen) atoms. The molecule has 1 aromatic heterocycles. The fourth-order valence-corrected chi connectivity index (χ4v) is 7.59. The number of carbonyl (C=O) groups is 3. The lowest BCUT2D eigenvalue weighted by Gasteiger charge is -2.41. The Bertz CT molecular complexity index is 2080. The molecule has 2 amide bonds. The van der Waals surface area contributed by atoms with Crippen LogP contribution in [0.2, 0.25) is 0 Å². The Hall–Kier alpha value is -5.53. The van der Waals surface area contributed by atoms with E-state index in [1.807, 2.05) is 103 Å². The Morgan fingerprint density at radius 3 is 2.29 bits per heavy atom. The monoisotopic (exact) mass is 761 g/mol. The second-order valence-corrected chi connectivity index (χ2v) is 14.2. The van der Waals surface area contributed by atoms with Crippen molar-refractivity contribution >= 4 is 29.7 Å². The van der Waals surface area contributed by atoms with Gasteiger partial charge in [0.05, 0.1) is 31.5 Å². The number of carboxylic acids is 1. The number of thioether (sulfide) groups is 1. The van der Waals surface area contributed by atoms with Crippen LogP contribution in [0.5, 0.6) is 0 Å². The van der Waals surface area contributed by atoms with Gasteiger partial charge in [-0.3, -0.25) is 0 Å². The number of aliphatic hydroxyl groups excluding tert-OH is 1. The number of amides is 2. The number of aliphatic hydroxyl groups is 1. The molecule has 5 aromatic rings. The van der Waals surface area contributed by atoms with Crippen LogP contribution in [0.25, 0.3) is 11.1 Å². The number of hydrogen-bond donors (Lipinski definition) is 4. The van der Waals surface area contributed by atoms with Crippen LogP contribution < -0.4 is 10.6 Å². The number of rotatable bonds is 14. The number of nitrogens with zero attached hydrogens (tertiary/aromatic N) is 1. The molecule has 1 aliphatic rings. The molecule has 2 heterocycles. The molecule has 0 aliphatic carbocycles. The van der Waals surface area contributed by atoms with Crippen molar-refractivity contribution in [1.82, 2.24) is 15.6 Å². The average molecular weight is 762 g/mol. The van der Waals surface area contributed by atoms with Crippen LogP contribution in [-0.2, 0) is 38.6 Å². The molecule has 12 heteroatoms. The number of carbonyl (C=O) groups excluding carboxylic acids is 2. The van der Waals surface area contributed by atoms with Gasteiger partial charge < -0.3 is 35.1 Å². The lowest BCUT2D eigenvalue weighted by atomic mass is 9.91. The fraction of sp³-hybridized carbons (Fsp3) is 0.256. The van der Waals surface area contributed by atoms with Gasteiger partial charge in [-0.05, 0) is 57.6 Å². The minimum absolute atomic E-state index is 0.0653. The van der Waals surface area contributed by atoms with E-state index in [0.717, 1.165) is 38.9 Å². The van der Waals surface area contributed by atoms with E-state index in [1.54, 1.807) is 18.3 Å². The van der Waals surface area contributed by atoms with Crippen molar-refractivity contribution in [2.75, 3.05) is 12.9 Å². The highest BCUT2D eigenvalue weighted by Gasteiger charge is 2.38. The third kappa shape index (κ3) is 10.2. The van der Waals surface area contributed by atoms with E-state index in [4.69, 9.17) is 14.2 Å². The summed E-state index contributed by atoms with van der Waals surface area (Å²) in [4.78, 5) is 41.5. The Balaban J connectivity index is 1.17. The second-order valence-electron chi connectivity index (χ2n) is 13.2. The number of carboxylic acid groups (broad SMARTS) is 1. The van der Waals surface area contributed by atoms with E-state index in [-0.39, 0.29) is 36.8 Å². The van der Waals surface area contributed by atoms with Crippen LogP contribution in [0.15, 0.2) is 126 Å². The number of methoxy groups -OCH3 is 1. The minimum Gasteiger partial charge on any atom is -0.478 e. The van der Waals surface area contributed by atoms with E-state index in [1.165, 1.54) is 18.9 Å². The number of aromatic nitrogens is 1. The molecule has 284 valence electrons. The third-order valence-electron chi connectivity index (χ3n) is 9.46. The summed E-state index contributed by atoms with van der Waals surface area (Å²) in [5, 5.41) is 25.3. The Morgan fingerprint density at radius 2 is 1.56 bits per heavy atom. The highest BCUT2D eigenvalue weighted by atomic mass is 32.2. The summed E-state index contributed by atoms with van der Waals surface area (Å²) in [6.07, 6.45) is 0.461. The molecule has 0 spiro atoms. The zero-order valence-corrected chi connectivity index (χ0v) is 31.3. The Kier molecular flexibility index (Phi) is 13.3. The highest BCUT2D eigenvalue weighted by Crippen LogP contribution is 2.43. The van der Waals surface area contributed by atoms with Crippen molar-refractivity contribution in [3.8, 4) is 11.1 Å². The van der Waals surface area contributed by atoms with Crippen LogP contribution in [-0.4, -0.2) is 58.2 Å². The zero-order chi connectivity index (χ0) is 38.7. The zero-order valence-electron chi connectivity index (χ0n) is 30.5. The molecule has 0 radical (unpaired) electrons. The van der Waals surface area contributed by atoms with E-state index >= 15 is 0 Å². The molecule has 4 N–H and O–H groups in total. The van der Waals surface area contributed by atoms with Gasteiger partial charge in [0.1, 0.15) is 11.1 Å². The van der Waals surface area contributed by atoms with E-state index in [2.05, 4.69) is 22.5 Å². The summed E-state index contributed by atoms with van der Waals surface area (Å²) in [6.45, 7) is 2.21. The standard InChI is InChI=1S/C43H43N3O8S/c1-27-37(26-55-39-35(40(48)49)15-8-20-44-39)53-42(54-38(27)31-18-16-29(25-47)17-19-31)34-14-7-13-33(23-34)32-12-6-11-30(21-32)24-45-43(51)46-36(41(50)52-2)22-28-9-4-3-5-10-28/h3-21,23,27,36-38,42,47H,22,24-26H2,1-2H3,(H,48,49)(H2,45,46,51)/t27-,36+,37+,38+,42+/m1/s1. The molecular formula is C43H43N3O8S. The maximum atomic E-state index is 12.9. The number of urea groups is 1. The summed E-state index contributed by atoms with van der Waals surface area (Å²) in [7, 11) is 1.29. The number of hydrogen-bond acceptors (Lipinski definition) is 9. The van der Waals surface area contributed by atoms with Gasteiger partial charge in [0.2, 0.25) is 0 Å². The van der Waals surface area contributed by atoms with Crippen molar-refractivity contribution in [3.63, 3.8) is 0 Å². The summed E-state index contributed by atoms with van der Waals surface area (Å²) >= 11 is 1.34. The molecule has 0 unspecified atom stereocenters. The van der Waals surface area contributed by atoms with Gasteiger partial charge in [-0.15, -0.1) is 11.8 Å². The summed E-state index contributed by atoms with van der Waals surface area (Å²) in [5.41, 5.74) is 6.26. The largest absolute Gasteiger partial charge is 0.478 e. The maximum absolute atomic E-state index is 12.9. The van der Waals surface area contributed by atoms with Gasteiger partial charge >= 0.3 is 18.0 Å². The van der Waals surface area contributed by atoms with Crippen molar-refractivity contribution in [2.45, 2.75) is 56.1 Å². The number of pyridine rings is 1. The topological polar surface area (TPSA) is 156 Å². The van der Waals surface area contributed by atoms with Crippen LogP contribution in [0.4, 0.5) is 4.79 Å². The van der Waals surface area contributed by atoms with Gasteiger partial charge in [0, 0.05) is 36.4 Å². The molecule has 5 atom stereocenters. The first-order chi connectivity index (χ1) is 26.7. The molecule has 1 saturated heterocycles. The molecule has 0 saturated carbocycles. The van der Waals surface area contributed by atoms with Crippen LogP contribution in [0.1, 0.15) is 57.5 Å². The average Bonchev–Trinajstić information content (AvgIpc) is 3.22. The van der Waals surface area contributed by atoms with E-state index < -0.39 is 30.3 Å². The Labute approximate surface area is 324 Å². The van der Waals surface area contributed by atoms with Crippen LogP contribution in [0.3, 0.4) is 0 Å². The van der Waals surface area contributed by atoms with Gasteiger partial charge in [0.25, 0.3) is 0 Å². The minimum atomic E-state index is -1.04. The number of ether oxygens (including phenoxy) is 3. The lowest BCUT2D eigenvalue weighted by molar-refractivity contribution is -0.268. The van der Waals surface area contributed by atoms with Crippen molar-refractivity contribution in [1.29, 1.82) is 0 Å². The predicted octanol–water partition coefficient (Wildman–Crippen LogP) is 7.11. The van der Waals surface area contributed by atoms with Crippen molar-refractivity contribution in [2.24, 2.45) is 5.92 Å². The Morgan fingerprint density at radius 1 is 0.836 bits per heavy atom. The first kappa shape index (κ1) is 39.2. The quantitative estimate of drug-likeness (QED) is 0.0680. The number of benzene rings is 4. The van der Waals surface area contributed by atoms with Gasteiger partial charge in [0.15, 0.2) is 6.29 Å². The van der Waals surface area contributed by atoms with Crippen LogP contribution >= 0.6 is 11.8 Å². The molecule has 1 aliphatic heterocycles. The molecule has 4 aromatic carbocycles. The fourth-order valence-electron chi connectivity index (χ4n) is 6.44. The van der Waals surface area contributed by atoms with E-state index in [9.17, 15) is 24.6 Å². The van der Waals surface area contributed by atoms with Crippen molar-refractivity contribution < 1.29 is 38.8 Å². The lowest BCUT2D eigenvalue weighted by Crippen LogP contribution is -2.47. The smallest absolute Gasteiger partial charge is 0.338 e. The van der Waals surface area contributed by atoms with Gasteiger partial charge in [-0.2, -0.15) is 0 Å².